The van der Waals surface area contributed by atoms with Gasteiger partial charge in [-0.15, -0.1) is 24.0 Å². The predicted octanol–water partition coefficient (Wildman–Crippen LogP) is 3.89. The third kappa shape index (κ3) is 8.00. The van der Waals surface area contributed by atoms with Gasteiger partial charge in [-0.05, 0) is 49.1 Å². The predicted molar refractivity (Wildman–Crippen MR) is 124 cm³/mol. The number of hydrogen-bond donors (Lipinski definition) is 2. The average Bonchev–Trinajstić information content (AvgIpc) is 3.19. The highest BCUT2D eigenvalue weighted by molar-refractivity contribution is 14.0. The molecule has 1 heterocycles. The lowest BCUT2D eigenvalue weighted by Gasteiger charge is -2.14. The van der Waals surface area contributed by atoms with Crippen LogP contribution in [0.1, 0.15) is 25.2 Å². The van der Waals surface area contributed by atoms with Crippen LogP contribution in [0, 0.1) is 5.92 Å². The van der Waals surface area contributed by atoms with Gasteiger partial charge in [-0.2, -0.15) is 0 Å². The van der Waals surface area contributed by atoms with Crippen molar-refractivity contribution in [3.63, 3.8) is 0 Å². The standard InChI is InChI=1S/C21H31N3O3.HI/c1-5-22-21(23-11-10-18-7-6-12-27-18)24-15-16(2)13-17-8-9-19(25-3)20(14-17)26-4;/h6-9,12,14,16H,5,10-11,13,15H2,1-4H3,(H2,22,23,24);1H. The summed E-state index contributed by atoms with van der Waals surface area (Å²) in [5, 5.41) is 6.64. The lowest BCUT2D eigenvalue weighted by atomic mass is 10.0. The van der Waals surface area contributed by atoms with Crippen LogP contribution in [-0.2, 0) is 12.8 Å². The Balaban J connectivity index is 0.00000392. The summed E-state index contributed by atoms with van der Waals surface area (Å²) in [4.78, 5) is 4.71. The maximum Gasteiger partial charge on any atom is 0.191 e. The van der Waals surface area contributed by atoms with Crippen LogP contribution in [0.25, 0.3) is 0 Å². The van der Waals surface area contributed by atoms with Gasteiger partial charge in [0.05, 0.1) is 20.5 Å². The highest BCUT2D eigenvalue weighted by Crippen LogP contribution is 2.28. The fraction of sp³-hybridized carbons (Fsp3) is 0.476. The number of aliphatic imine (C=N–C) groups is 1. The molecule has 0 bridgehead atoms. The van der Waals surface area contributed by atoms with E-state index in [4.69, 9.17) is 18.9 Å². The minimum absolute atomic E-state index is 0. The van der Waals surface area contributed by atoms with Crippen LogP contribution in [0.15, 0.2) is 46.0 Å². The fourth-order valence-electron chi connectivity index (χ4n) is 2.82. The lowest BCUT2D eigenvalue weighted by molar-refractivity contribution is 0.354. The monoisotopic (exact) mass is 501 g/mol. The largest absolute Gasteiger partial charge is 0.493 e. The van der Waals surface area contributed by atoms with Crippen LogP contribution in [-0.4, -0.2) is 39.8 Å². The molecule has 0 aliphatic carbocycles. The van der Waals surface area contributed by atoms with E-state index in [0.717, 1.165) is 55.7 Å². The van der Waals surface area contributed by atoms with Crippen molar-refractivity contribution >= 4 is 29.9 Å². The quantitative estimate of drug-likeness (QED) is 0.294. The first kappa shape index (κ1) is 24.1. The zero-order valence-corrected chi connectivity index (χ0v) is 19.5. The van der Waals surface area contributed by atoms with E-state index in [2.05, 4.69) is 30.5 Å². The van der Waals surface area contributed by atoms with Gasteiger partial charge in [-0.3, -0.25) is 4.99 Å². The van der Waals surface area contributed by atoms with Gasteiger partial charge in [0, 0.05) is 26.1 Å². The van der Waals surface area contributed by atoms with Gasteiger partial charge in [-0.25, -0.2) is 0 Å². The van der Waals surface area contributed by atoms with Crippen LogP contribution in [0.5, 0.6) is 11.5 Å². The van der Waals surface area contributed by atoms with Crippen molar-refractivity contribution < 1.29 is 13.9 Å². The number of rotatable bonds is 10. The SMILES string of the molecule is CCNC(=NCC(C)Cc1ccc(OC)c(OC)c1)NCCc1ccco1.I. The normalized spacial score (nSPS) is 12.1. The Morgan fingerprint density at radius 2 is 1.93 bits per heavy atom. The third-order valence-corrected chi connectivity index (χ3v) is 4.18. The Hall–Kier alpha value is -1.90. The molecular formula is C21H32IN3O3. The highest BCUT2D eigenvalue weighted by Gasteiger charge is 2.09. The Morgan fingerprint density at radius 3 is 2.57 bits per heavy atom. The molecule has 7 heteroatoms. The third-order valence-electron chi connectivity index (χ3n) is 4.18. The summed E-state index contributed by atoms with van der Waals surface area (Å²) in [5.41, 5.74) is 1.21. The minimum atomic E-state index is 0. The van der Waals surface area contributed by atoms with Crippen LogP contribution >= 0.6 is 24.0 Å². The van der Waals surface area contributed by atoms with Crippen molar-refractivity contribution in [2.24, 2.45) is 10.9 Å². The average molecular weight is 501 g/mol. The van der Waals surface area contributed by atoms with Gasteiger partial charge in [0.1, 0.15) is 5.76 Å². The molecule has 156 valence electrons. The maximum atomic E-state index is 5.38. The Labute approximate surface area is 185 Å². The van der Waals surface area contributed by atoms with Crippen molar-refractivity contribution in [1.29, 1.82) is 0 Å². The molecule has 0 radical (unpaired) electrons. The van der Waals surface area contributed by atoms with Gasteiger partial charge in [0.25, 0.3) is 0 Å². The van der Waals surface area contributed by atoms with Crippen LogP contribution < -0.4 is 20.1 Å². The summed E-state index contributed by atoms with van der Waals surface area (Å²) >= 11 is 0. The number of halogens is 1. The molecule has 0 amide bonds. The molecule has 1 aromatic heterocycles. The molecule has 28 heavy (non-hydrogen) atoms. The van der Waals surface area contributed by atoms with E-state index >= 15 is 0 Å². The van der Waals surface area contributed by atoms with Crippen LogP contribution in [0.2, 0.25) is 0 Å². The van der Waals surface area contributed by atoms with Crippen LogP contribution in [0.4, 0.5) is 0 Å². The van der Waals surface area contributed by atoms with Crippen LogP contribution in [0.3, 0.4) is 0 Å². The first-order valence-electron chi connectivity index (χ1n) is 9.41. The van der Waals surface area contributed by atoms with Crippen molar-refractivity contribution in [3.8, 4) is 11.5 Å². The number of nitrogens with one attached hydrogen (secondary N) is 2. The van der Waals surface area contributed by atoms with E-state index in [9.17, 15) is 0 Å². The van der Waals surface area contributed by atoms with Crippen molar-refractivity contribution in [3.05, 3.63) is 47.9 Å². The Kier molecular flexibility index (Phi) is 11.5. The zero-order valence-electron chi connectivity index (χ0n) is 17.2. The summed E-state index contributed by atoms with van der Waals surface area (Å²) < 4.78 is 16.0. The summed E-state index contributed by atoms with van der Waals surface area (Å²) in [6.45, 7) is 6.62. The van der Waals surface area contributed by atoms with Gasteiger partial charge in [0.2, 0.25) is 0 Å². The molecule has 6 nitrogen and oxygen atoms in total. The van der Waals surface area contributed by atoms with E-state index in [-0.39, 0.29) is 24.0 Å². The first-order chi connectivity index (χ1) is 13.2. The summed E-state index contributed by atoms with van der Waals surface area (Å²) in [6, 6.07) is 9.95. The molecule has 1 atom stereocenters. The number of hydrogen-bond acceptors (Lipinski definition) is 4. The smallest absolute Gasteiger partial charge is 0.191 e. The maximum absolute atomic E-state index is 5.38. The summed E-state index contributed by atoms with van der Waals surface area (Å²) in [6.07, 6.45) is 3.46. The van der Waals surface area contributed by atoms with E-state index in [1.807, 2.05) is 24.3 Å². The second kappa shape index (κ2) is 13.3. The van der Waals surface area contributed by atoms with E-state index in [1.54, 1.807) is 20.5 Å². The van der Waals surface area contributed by atoms with Crippen molar-refractivity contribution in [2.45, 2.75) is 26.7 Å². The van der Waals surface area contributed by atoms with Gasteiger partial charge < -0.3 is 24.5 Å². The molecule has 1 unspecified atom stereocenters. The van der Waals surface area contributed by atoms with E-state index in [0.29, 0.717) is 5.92 Å². The van der Waals surface area contributed by atoms with E-state index in [1.165, 1.54) is 5.56 Å². The highest BCUT2D eigenvalue weighted by atomic mass is 127. The molecule has 0 aliphatic rings. The number of benzene rings is 1. The molecule has 0 fully saturated rings. The second-order valence-corrected chi connectivity index (χ2v) is 6.47. The number of methoxy groups -OCH3 is 2. The number of guanidine groups is 1. The fourth-order valence-corrected chi connectivity index (χ4v) is 2.82. The second-order valence-electron chi connectivity index (χ2n) is 6.47. The molecule has 2 rings (SSSR count). The zero-order chi connectivity index (χ0) is 19.5. The Bertz CT molecular complexity index is 705. The molecule has 0 saturated carbocycles. The number of ether oxygens (including phenoxy) is 2. The molecule has 2 N–H and O–H groups in total. The topological polar surface area (TPSA) is 68.0 Å². The number of furan rings is 1. The molecular weight excluding hydrogens is 469 g/mol. The minimum Gasteiger partial charge on any atom is -0.493 e. The molecule has 0 aliphatic heterocycles. The molecule has 0 spiro atoms. The lowest BCUT2D eigenvalue weighted by Crippen LogP contribution is -2.38. The summed E-state index contributed by atoms with van der Waals surface area (Å²) in [7, 11) is 3.31. The summed E-state index contributed by atoms with van der Waals surface area (Å²) in [5.74, 6) is 3.73. The van der Waals surface area contributed by atoms with Crippen molar-refractivity contribution in [1.82, 2.24) is 10.6 Å². The molecule has 0 saturated heterocycles. The molecule has 1 aromatic carbocycles. The Morgan fingerprint density at radius 1 is 1.14 bits per heavy atom. The van der Waals surface area contributed by atoms with Gasteiger partial charge in [0.15, 0.2) is 17.5 Å². The van der Waals surface area contributed by atoms with Gasteiger partial charge >= 0.3 is 0 Å². The van der Waals surface area contributed by atoms with Crippen molar-refractivity contribution in [2.75, 3.05) is 33.9 Å². The first-order valence-corrected chi connectivity index (χ1v) is 9.41. The number of nitrogens with zero attached hydrogens (tertiary/aromatic N) is 1. The molecule has 2 aromatic rings. The van der Waals surface area contributed by atoms with Gasteiger partial charge in [-0.1, -0.05) is 13.0 Å². The van der Waals surface area contributed by atoms with E-state index < -0.39 is 0 Å².